The van der Waals surface area contributed by atoms with Crippen molar-refractivity contribution in [2.24, 2.45) is 11.3 Å². The quantitative estimate of drug-likeness (QED) is 0.554. The van der Waals surface area contributed by atoms with Crippen LogP contribution >= 0.6 is 0 Å². The lowest BCUT2D eigenvalue weighted by molar-refractivity contribution is 0.0860. The van der Waals surface area contributed by atoms with Crippen LogP contribution in [0.3, 0.4) is 0 Å². The smallest absolute Gasteiger partial charge is 0.0627 e. The van der Waals surface area contributed by atoms with Crippen molar-refractivity contribution in [2.45, 2.75) is 33.1 Å². The molecule has 2 atom stereocenters. The summed E-state index contributed by atoms with van der Waals surface area (Å²) in [6.45, 7) is 8.21. The summed E-state index contributed by atoms with van der Waals surface area (Å²) < 4.78 is 0. The van der Waals surface area contributed by atoms with E-state index in [1.807, 2.05) is 0 Å². The van der Waals surface area contributed by atoms with Crippen molar-refractivity contribution >= 4 is 0 Å². The molecule has 1 fully saturated rings. The fraction of sp³-hybridized carbons (Fsp3) is 0.700. The second-order valence-corrected chi connectivity index (χ2v) is 3.93. The van der Waals surface area contributed by atoms with E-state index in [1.165, 1.54) is 18.4 Å². The van der Waals surface area contributed by atoms with Crippen LogP contribution in [0.5, 0.6) is 0 Å². The number of nitrogens with zero attached hydrogens (tertiary/aromatic N) is 1. The van der Waals surface area contributed by atoms with E-state index in [0.717, 1.165) is 0 Å². The maximum Gasteiger partial charge on any atom is 0.0627 e. The van der Waals surface area contributed by atoms with Crippen molar-refractivity contribution in [3.8, 4) is 6.07 Å². The highest BCUT2D eigenvalue weighted by Gasteiger charge is 2.42. The first-order valence-electron chi connectivity index (χ1n) is 4.12. The van der Waals surface area contributed by atoms with E-state index in [2.05, 4.69) is 26.5 Å². The van der Waals surface area contributed by atoms with Crippen LogP contribution < -0.4 is 0 Å². The monoisotopic (exact) mass is 149 g/mol. The number of allylic oxidation sites excluding steroid dienone is 1. The Bertz CT molecular complexity index is 211. The molecule has 1 saturated carbocycles. The summed E-state index contributed by atoms with van der Waals surface area (Å²) in [5, 5.41) is 8.59. The SMILES string of the molecule is C=C(C)[C@@H]1CC[C@]1(C)CC#N. The molecule has 1 heteroatoms. The van der Waals surface area contributed by atoms with Gasteiger partial charge in [-0.2, -0.15) is 5.26 Å². The number of nitriles is 1. The first kappa shape index (κ1) is 8.33. The Morgan fingerprint density at radius 3 is 2.73 bits per heavy atom. The van der Waals surface area contributed by atoms with Gasteiger partial charge in [-0.15, -0.1) is 0 Å². The van der Waals surface area contributed by atoms with E-state index < -0.39 is 0 Å². The third-order valence-electron chi connectivity index (χ3n) is 2.92. The van der Waals surface area contributed by atoms with Gasteiger partial charge in [-0.3, -0.25) is 0 Å². The van der Waals surface area contributed by atoms with Crippen LogP contribution in [0.25, 0.3) is 0 Å². The number of rotatable bonds is 2. The highest BCUT2D eigenvalue weighted by molar-refractivity contribution is 5.11. The summed E-state index contributed by atoms with van der Waals surface area (Å²) in [6.07, 6.45) is 3.11. The Hall–Kier alpha value is -0.770. The lowest BCUT2D eigenvalue weighted by Crippen LogP contribution is -2.37. The summed E-state index contributed by atoms with van der Waals surface area (Å²) in [6, 6.07) is 2.25. The van der Waals surface area contributed by atoms with Gasteiger partial charge >= 0.3 is 0 Å². The highest BCUT2D eigenvalue weighted by Crippen LogP contribution is 2.51. The Balaban J connectivity index is 2.61. The molecule has 0 unspecified atom stereocenters. The van der Waals surface area contributed by atoms with Crippen LogP contribution in [0.2, 0.25) is 0 Å². The first-order valence-corrected chi connectivity index (χ1v) is 4.12. The Labute approximate surface area is 68.7 Å². The van der Waals surface area contributed by atoms with Gasteiger partial charge in [0.05, 0.1) is 6.07 Å². The van der Waals surface area contributed by atoms with Crippen LogP contribution in [-0.2, 0) is 0 Å². The van der Waals surface area contributed by atoms with Gasteiger partial charge < -0.3 is 0 Å². The van der Waals surface area contributed by atoms with E-state index in [4.69, 9.17) is 5.26 Å². The molecule has 0 saturated heterocycles. The highest BCUT2D eigenvalue weighted by atomic mass is 14.5. The minimum absolute atomic E-state index is 0.251. The molecule has 0 N–H and O–H groups in total. The van der Waals surface area contributed by atoms with Crippen molar-refractivity contribution < 1.29 is 0 Å². The van der Waals surface area contributed by atoms with Gasteiger partial charge in [-0.25, -0.2) is 0 Å². The van der Waals surface area contributed by atoms with Gasteiger partial charge in [0, 0.05) is 6.42 Å². The Morgan fingerprint density at radius 2 is 2.45 bits per heavy atom. The van der Waals surface area contributed by atoms with E-state index in [9.17, 15) is 0 Å². The molecule has 1 aliphatic rings. The molecule has 1 aliphatic carbocycles. The zero-order chi connectivity index (χ0) is 8.48. The summed E-state index contributed by atoms with van der Waals surface area (Å²) in [5.74, 6) is 0.599. The maximum absolute atomic E-state index is 8.59. The molecule has 0 bridgehead atoms. The second kappa shape index (κ2) is 2.70. The molecule has 0 aliphatic heterocycles. The average Bonchev–Trinajstić information content (AvgIpc) is 1.85. The summed E-state index contributed by atoms with van der Waals surface area (Å²) >= 11 is 0. The van der Waals surface area contributed by atoms with Crippen molar-refractivity contribution in [3.63, 3.8) is 0 Å². The largest absolute Gasteiger partial charge is 0.198 e. The lowest BCUT2D eigenvalue weighted by Gasteiger charge is -2.46. The zero-order valence-electron chi connectivity index (χ0n) is 7.35. The molecule has 0 radical (unpaired) electrons. The van der Waals surface area contributed by atoms with E-state index in [-0.39, 0.29) is 5.41 Å². The minimum Gasteiger partial charge on any atom is -0.198 e. The van der Waals surface area contributed by atoms with E-state index in [0.29, 0.717) is 12.3 Å². The third-order valence-corrected chi connectivity index (χ3v) is 2.92. The van der Waals surface area contributed by atoms with Crippen molar-refractivity contribution in [1.82, 2.24) is 0 Å². The van der Waals surface area contributed by atoms with Crippen molar-refractivity contribution in [2.75, 3.05) is 0 Å². The molecule has 60 valence electrons. The molecule has 11 heavy (non-hydrogen) atoms. The number of hydrogen-bond acceptors (Lipinski definition) is 1. The van der Waals surface area contributed by atoms with Crippen LogP contribution in [0.1, 0.15) is 33.1 Å². The van der Waals surface area contributed by atoms with Crippen molar-refractivity contribution in [1.29, 1.82) is 5.26 Å². The molecule has 1 rings (SSSR count). The average molecular weight is 149 g/mol. The van der Waals surface area contributed by atoms with Gasteiger partial charge in [-0.05, 0) is 31.1 Å². The number of hydrogen-bond donors (Lipinski definition) is 0. The predicted molar refractivity (Wildman–Crippen MR) is 45.9 cm³/mol. The fourth-order valence-corrected chi connectivity index (χ4v) is 2.01. The summed E-state index contributed by atoms with van der Waals surface area (Å²) in [7, 11) is 0. The molecule has 0 aromatic heterocycles. The maximum atomic E-state index is 8.59. The lowest BCUT2D eigenvalue weighted by atomic mass is 9.58. The van der Waals surface area contributed by atoms with E-state index in [1.54, 1.807) is 0 Å². The second-order valence-electron chi connectivity index (χ2n) is 3.93. The topological polar surface area (TPSA) is 23.8 Å². The van der Waals surface area contributed by atoms with E-state index >= 15 is 0 Å². The van der Waals surface area contributed by atoms with Gasteiger partial charge in [0.25, 0.3) is 0 Å². The first-order chi connectivity index (χ1) is 5.10. The fourth-order valence-electron chi connectivity index (χ4n) is 2.01. The van der Waals surface area contributed by atoms with Crippen LogP contribution in [-0.4, -0.2) is 0 Å². The van der Waals surface area contributed by atoms with Gasteiger partial charge in [-0.1, -0.05) is 19.1 Å². The third kappa shape index (κ3) is 1.30. The molecular weight excluding hydrogens is 134 g/mol. The van der Waals surface area contributed by atoms with Gasteiger partial charge in [0.2, 0.25) is 0 Å². The molecule has 0 aromatic carbocycles. The zero-order valence-corrected chi connectivity index (χ0v) is 7.35. The molecule has 0 heterocycles. The van der Waals surface area contributed by atoms with Gasteiger partial charge in [0.15, 0.2) is 0 Å². The normalized spacial score (nSPS) is 35.5. The standard InChI is InChI=1S/C10H15N/c1-8(2)9-4-5-10(9,3)6-7-11/h9H,1,4-6H2,2-3H3/t9-,10+/m0/s1. The predicted octanol–water partition coefficient (Wildman–Crippen LogP) is 2.89. The van der Waals surface area contributed by atoms with Gasteiger partial charge in [0.1, 0.15) is 0 Å². The molecule has 0 spiro atoms. The van der Waals surface area contributed by atoms with Crippen LogP contribution in [0.4, 0.5) is 0 Å². The van der Waals surface area contributed by atoms with Crippen molar-refractivity contribution in [3.05, 3.63) is 12.2 Å². The molecule has 1 nitrogen and oxygen atoms in total. The van der Waals surface area contributed by atoms with Crippen LogP contribution in [0.15, 0.2) is 12.2 Å². The minimum atomic E-state index is 0.251. The molecular formula is C10H15N. The Kier molecular flexibility index (Phi) is 2.04. The molecule has 0 aromatic rings. The molecule has 0 amide bonds. The summed E-state index contributed by atoms with van der Waals surface area (Å²) in [5.41, 5.74) is 1.50. The van der Waals surface area contributed by atoms with Crippen LogP contribution in [0, 0.1) is 22.7 Å². The Morgan fingerprint density at radius 1 is 1.82 bits per heavy atom. The summed E-state index contributed by atoms with van der Waals surface area (Å²) in [4.78, 5) is 0.